The molecule has 0 aromatic heterocycles. The summed E-state index contributed by atoms with van der Waals surface area (Å²) in [6, 6.07) is 0.459. The zero-order chi connectivity index (χ0) is 8.27. The number of hydrogen-bond acceptors (Lipinski definition) is 1. The number of nitrogens with two attached hydrogens (primary N) is 1. The molecule has 0 amide bonds. The highest BCUT2D eigenvalue weighted by molar-refractivity contribution is 4.79. The molecule has 0 bridgehead atoms. The van der Waals surface area contributed by atoms with E-state index >= 15 is 0 Å². The first-order valence-corrected chi connectivity index (χ1v) is 4.99. The Morgan fingerprint density at radius 3 is 2.55 bits per heavy atom. The maximum Gasteiger partial charge on any atom is 0.00645 e. The van der Waals surface area contributed by atoms with Crippen LogP contribution in [0.1, 0.15) is 46.0 Å². The Labute approximate surface area is 70.4 Å². The molecule has 2 atom stereocenters. The van der Waals surface area contributed by atoms with Crippen molar-refractivity contribution >= 4 is 0 Å². The van der Waals surface area contributed by atoms with Crippen molar-refractivity contribution in [1.29, 1.82) is 0 Å². The highest BCUT2D eigenvalue weighted by Crippen LogP contribution is 2.36. The molecule has 1 aliphatic carbocycles. The van der Waals surface area contributed by atoms with Gasteiger partial charge in [0, 0.05) is 6.04 Å². The molecule has 2 N–H and O–H groups in total. The predicted molar refractivity (Wildman–Crippen MR) is 49.4 cm³/mol. The minimum Gasteiger partial charge on any atom is -0.327 e. The van der Waals surface area contributed by atoms with Crippen LogP contribution in [0.4, 0.5) is 0 Å². The van der Waals surface area contributed by atoms with E-state index in [1.54, 1.807) is 0 Å². The molecule has 2 unspecified atom stereocenters. The average molecular weight is 155 g/mol. The van der Waals surface area contributed by atoms with E-state index in [0.717, 1.165) is 11.8 Å². The third-order valence-electron chi connectivity index (χ3n) is 2.75. The molecule has 1 saturated carbocycles. The van der Waals surface area contributed by atoms with E-state index in [1.807, 2.05) is 0 Å². The van der Waals surface area contributed by atoms with Gasteiger partial charge in [-0.2, -0.15) is 0 Å². The Morgan fingerprint density at radius 2 is 2.09 bits per heavy atom. The fraction of sp³-hybridized carbons (Fsp3) is 1.00. The van der Waals surface area contributed by atoms with Crippen molar-refractivity contribution in [2.24, 2.45) is 17.6 Å². The summed E-state index contributed by atoms with van der Waals surface area (Å²) in [5.41, 5.74) is 6.00. The van der Waals surface area contributed by atoms with E-state index in [-0.39, 0.29) is 0 Å². The average Bonchev–Trinajstić information content (AvgIpc) is 2.72. The maximum atomic E-state index is 6.00. The molecule has 0 radical (unpaired) electrons. The molecule has 0 saturated heterocycles. The summed E-state index contributed by atoms with van der Waals surface area (Å²) in [5, 5.41) is 0. The van der Waals surface area contributed by atoms with Crippen LogP contribution in [-0.4, -0.2) is 6.04 Å². The van der Waals surface area contributed by atoms with Crippen LogP contribution >= 0.6 is 0 Å². The molecule has 1 rings (SSSR count). The van der Waals surface area contributed by atoms with Gasteiger partial charge in [0.15, 0.2) is 0 Å². The molecule has 0 heterocycles. The van der Waals surface area contributed by atoms with E-state index in [2.05, 4.69) is 13.8 Å². The highest BCUT2D eigenvalue weighted by Gasteiger charge is 2.25. The van der Waals surface area contributed by atoms with Gasteiger partial charge in [0.2, 0.25) is 0 Å². The molecule has 11 heavy (non-hydrogen) atoms. The lowest BCUT2D eigenvalue weighted by atomic mass is 9.93. The van der Waals surface area contributed by atoms with Crippen LogP contribution in [0.25, 0.3) is 0 Å². The van der Waals surface area contributed by atoms with Crippen molar-refractivity contribution in [2.45, 2.75) is 52.0 Å². The van der Waals surface area contributed by atoms with Crippen LogP contribution in [0.2, 0.25) is 0 Å². The van der Waals surface area contributed by atoms with Gasteiger partial charge in [-0.05, 0) is 24.7 Å². The van der Waals surface area contributed by atoms with Crippen molar-refractivity contribution in [2.75, 3.05) is 0 Å². The van der Waals surface area contributed by atoms with Crippen molar-refractivity contribution in [3.63, 3.8) is 0 Å². The van der Waals surface area contributed by atoms with Gasteiger partial charge in [-0.1, -0.05) is 33.1 Å². The third-order valence-corrected chi connectivity index (χ3v) is 2.75. The molecule has 1 nitrogen and oxygen atoms in total. The van der Waals surface area contributed by atoms with Crippen LogP contribution in [0.15, 0.2) is 0 Å². The molecular weight excluding hydrogens is 134 g/mol. The summed E-state index contributed by atoms with van der Waals surface area (Å²) >= 11 is 0. The first-order chi connectivity index (χ1) is 5.24. The van der Waals surface area contributed by atoms with Gasteiger partial charge in [-0.3, -0.25) is 0 Å². The fourth-order valence-corrected chi connectivity index (χ4v) is 1.67. The highest BCUT2D eigenvalue weighted by atomic mass is 14.6. The molecule has 1 aliphatic rings. The Balaban J connectivity index is 2.10. The van der Waals surface area contributed by atoms with Gasteiger partial charge in [0.25, 0.3) is 0 Å². The maximum absolute atomic E-state index is 6.00. The van der Waals surface area contributed by atoms with Gasteiger partial charge >= 0.3 is 0 Å². The zero-order valence-corrected chi connectivity index (χ0v) is 7.84. The molecule has 1 fully saturated rings. The molecule has 0 aromatic carbocycles. The summed E-state index contributed by atoms with van der Waals surface area (Å²) in [4.78, 5) is 0. The van der Waals surface area contributed by atoms with Crippen molar-refractivity contribution in [3.8, 4) is 0 Å². The van der Waals surface area contributed by atoms with Crippen LogP contribution in [0.5, 0.6) is 0 Å². The second kappa shape index (κ2) is 4.10. The molecule has 0 spiro atoms. The zero-order valence-electron chi connectivity index (χ0n) is 7.84. The second-order valence-corrected chi connectivity index (χ2v) is 4.11. The Kier molecular flexibility index (Phi) is 3.38. The standard InChI is InChI=1S/C10H21N/c1-3-4-10(11)8(2)7-9-5-6-9/h8-10H,3-7,11H2,1-2H3. The van der Waals surface area contributed by atoms with Crippen LogP contribution in [0, 0.1) is 11.8 Å². The van der Waals surface area contributed by atoms with Gasteiger partial charge < -0.3 is 5.73 Å². The largest absolute Gasteiger partial charge is 0.327 e. The van der Waals surface area contributed by atoms with Crippen molar-refractivity contribution < 1.29 is 0 Å². The van der Waals surface area contributed by atoms with Crippen molar-refractivity contribution in [1.82, 2.24) is 0 Å². The van der Waals surface area contributed by atoms with E-state index in [1.165, 1.54) is 32.1 Å². The fourth-order valence-electron chi connectivity index (χ4n) is 1.67. The van der Waals surface area contributed by atoms with Crippen LogP contribution in [-0.2, 0) is 0 Å². The van der Waals surface area contributed by atoms with E-state index < -0.39 is 0 Å². The van der Waals surface area contributed by atoms with Gasteiger partial charge in [0.05, 0.1) is 0 Å². The summed E-state index contributed by atoms with van der Waals surface area (Å²) in [5.74, 6) is 1.79. The normalized spacial score (nSPS) is 23.2. The Morgan fingerprint density at radius 1 is 1.45 bits per heavy atom. The van der Waals surface area contributed by atoms with Gasteiger partial charge in [-0.25, -0.2) is 0 Å². The summed E-state index contributed by atoms with van der Waals surface area (Å²) in [6.07, 6.45) is 6.73. The summed E-state index contributed by atoms with van der Waals surface area (Å²) in [6.45, 7) is 4.52. The van der Waals surface area contributed by atoms with Crippen molar-refractivity contribution in [3.05, 3.63) is 0 Å². The quantitative estimate of drug-likeness (QED) is 0.648. The van der Waals surface area contributed by atoms with E-state index in [9.17, 15) is 0 Å². The number of rotatable bonds is 5. The number of hydrogen-bond donors (Lipinski definition) is 1. The Hall–Kier alpha value is -0.0400. The molecule has 0 aliphatic heterocycles. The topological polar surface area (TPSA) is 26.0 Å². The lowest BCUT2D eigenvalue weighted by Gasteiger charge is -2.18. The SMILES string of the molecule is CCCC(N)C(C)CC1CC1. The van der Waals surface area contributed by atoms with Crippen LogP contribution in [0.3, 0.4) is 0 Å². The lowest BCUT2D eigenvalue weighted by molar-refractivity contribution is 0.385. The van der Waals surface area contributed by atoms with Crippen LogP contribution < -0.4 is 5.73 Å². The minimum absolute atomic E-state index is 0.459. The molecule has 66 valence electrons. The Bertz CT molecular complexity index is 107. The monoisotopic (exact) mass is 155 g/mol. The summed E-state index contributed by atoms with van der Waals surface area (Å²) < 4.78 is 0. The molecule has 0 aromatic rings. The first-order valence-electron chi connectivity index (χ1n) is 4.99. The first kappa shape index (κ1) is 9.05. The summed E-state index contributed by atoms with van der Waals surface area (Å²) in [7, 11) is 0. The van der Waals surface area contributed by atoms with Gasteiger partial charge in [-0.15, -0.1) is 0 Å². The smallest absolute Gasteiger partial charge is 0.00645 e. The van der Waals surface area contributed by atoms with Gasteiger partial charge in [0.1, 0.15) is 0 Å². The van der Waals surface area contributed by atoms with E-state index in [0.29, 0.717) is 6.04 Å². The third kappa shape index (κ3) is 3.24. The molecular formula is C10H21N. The predicted octanol–water partition coefficient (Wildman–Crippen LogP) is 2.55. The molecule has 1 heteroatoms. The minimum atomic E-state index is 0.459. The lowest BCUT2D eigenvalue weighted by Crippen LogP contribution is -2.28. The van der Waals surface area contributed by atoms with E-state index in [4.69, 9.17) is 5.73 Å². The second-order valence-electron chi connectivity index (χ2n) is 4.11.